The van der Waals surface area contributed by atoms with Crippen LogP contribution in [0.4, 0.5) is 4.48 Å². The summed E-state index contributed by atoms with van der Waals surface area (Å²) in [5.41, 5.74) is 2.96. The van der Waals surface area contributed by atoms with Crippen molar-refractivity contribution >= 4 is 0 Å². The molecule has 1 saturated heterocycles. The Balaban J connectivity index is 2.18. The molecule has 1 rings (SSSR count). The molecule has 1 N–H and O–H groups in total. The fourth-order valence-electron chi connectivity index (χ4n) is 0.906. The molecule has 0 saturated carbocycles. The minimum Gasteiger partial charge on any atom is -0.258 e. The van der Waals surface area contributed by atoms with Crippen LogP contribution in [-0.4, -0.2) is 43.4 Å². The molecule has 54 valence electrons. The molecule has 0 atom stereocenters. The van der Waals surface area contributed by atoms with Gasteiger partial charge in [0, 0.05) is 26.2 Å². The van der Waals surface area contributed by atoms with Crippen molar-refractivity contribution in [1.82, 2.24) is 15.6 Å². The Morgan fingerprint density at radius 3 is 2.22 bits per heavy atom. The number of halogens is 1. The lowest BCUT2D eigenvalue weighted by molar-refractivity contribution is -0.0324. The second-order valence-corrected chi connectivity index (χ2v) is 2.12. The molecule has 1 heterocycles. The van der Waals surface area contributed by atoms with Gasteiger partial charge in [0.05, 0.1) is 0 Å². The van der Waals surface area contributed by atoms with Crippen LogP contribution in [0.5, 0.6) is 0 Å². The molecule has 0 aromatic heterocycles. The molecule has 0 bridgehead atoms. The van der Waals surface area contributed by atoms with Crippen molar-refractivity contribution < 1.29 is 4.48 Å². The molecular formula is C5H12FN3. The van der Waals surface area contributed by atoms with Crippen molar-refractivity contribution in [2.45, 2.75) is 0 Å². The first kappa shape index (κ1) is 6.92. The number of piperazine rings is 1. The summed E-state index contributed by atoms with van der Waals surface area (Å²) in [5.74, 6) is 0. The predicted molar refractivity (Wildman–Crippen MR) is 33.3 cm³/mol. The van der Waals surface area contributed by atoms with Gasteiger partial charge < -0.3 is 0 Å². The summed E-state index contributed by atoms with van der Waals surface area (Å²) in [4.78, 5) is 0. The van der Waals surface area contributed by atoms with E-state index in [1.807, 2.05) is 12.1 Å². The zero-order valence-electron chi connectivity index (χ0n) is 5.60. The molecule has 1 aliphatic rings. The molecular weight excluding hydrogens is 121 g/mol. The predicted octanol–water partition coefficient (Wildman–Crippen LogP) is -0.377. The topological polar surface area (TPSA) is 18.5 Å². The number of hydrazine groups is 1. The molecule has 9 heavy (non-hydrogen) atoms. The number of rotatable bonds is 1. The highest BCUT2D eigenvalue weighted by atomic mass is 19.2. The Bertz CT molecular complexity index is 80.3. The Morgan fingerprint density at radius 2 is 1.78 bits per heavy atom. The van der Waals surface area contributed by atoms with Crippen molar-refractivity contribution in [2.24, 2.45) is 0 Å². The summed E-state index contributed by atoms with van der Waals surface area (Å²) in [6.07, 6.45) is 0. The normalized spacial score (nSPS) is 24.7. The summed E-state index contributed by atoms with van der Waals surface area (Å²) in [5, 5.41) is 2.84. The van der Waals surface area contributed by atoms with Crippen molar-refractivity contribution in [3.63, 3.8) is 0 Å². The molecule has 3 nitrogen and oxygen atoms in total. The standard InChI is InChI=1S/C5H12FN3/c1-7-9-4-2-8(6)3-5-9/h7H,2-5H2,1H3. The van der Waals surface area contributed by atoms with Crippen LogP contribution in [0.1, 0.15) is 0 Å². The first-order valence-corrected chi connectivity index (χ1v) is 3.16. The third-order valence-electron chi connectivity index (χ3n) is 1.54. The average Bonchev–Trinajstić information content (AvgIpc) is 1.90. The second-order valence-electron chi connectivity index (χ2n) is 2.12. The van der Waals surface area contributed by atoms with E-state index in [1.165, 1.54) is 0 Å². The number of nitrogens with one attached hydrogen (secondary N) is 1. The van der Waals surface area contributed by atoms with Gasteiger partial charge in [-0.15, -0.1) is 9.60 Å². The van der Waals surface area contributed by atoms with Crippen molar-refractivity contribution in [1.29, 1.82) is 0 Å². The van der Waals surface area contributed by atoms with Gasteiger partial charge in [0.15, 0.2) is 0 Å². The minimum atomic E-state index is 0.515. The molecule has 0 aliphatic carbocycles. The van der Waals surface area contributed by atoms with Crippen molar-refractivity contribution in [3.8, 4) is 0 Å². The fraction of sp³-hybridized carbons (Fsp3) is 1.00. The second kappa shape index (κ2) is 3.10. The Kier molecular flexibility index (Phi) is 2.38. The van der Waals surface area contributed by atoms with E-state index in [0.717, 1.165) is 18.2 Å². The van der Waals surface area contributed by atoms with Gasteiger partial charge in [-0.05, 0) is 7.05 Å². The van der Waals surface area contributed by atoms with Crippen LogP contribution in [-0.2, 0) is 0 Å². The van der Waals surface area contributed by atoms with Crippen LogP contribution in [0.2, 0.25) is 0 Å². The van der Waals surface area contributed by atoms with Gasteiger partial charge in [-0.1, -0.05) is 0 Å². The van der Waals surface area contributed by atoms with E-state index >= 15 is 0 Å². The van der Waals surface area contributed by atoms with Crippen LogP contribution >= 0.6 is 0 Å². The molecule has 4 heteroatoms. The van der Waals surface area contributed by atoms with Crippen LogP contribution in [0, 0.1) is 0 Å². The molecule has 0 spiro atoms. The maximum absolute atomic E-state index is 12.3. The number of hydrogen-bond acceptors (Lipinski definition) is 3. The van der Waals surface area contributed by atoms with Gasteiger partial charge in [-0.25, -0.2) is 5.01 Å². The monoisotopic (exact) mass is 133 g/mol. The van der Waals surface area contributed by atoms with E-state index in [0.29, 0.717) is 13.1 Å². The van der Waals surface area contributed by atoms with Gasteiger partial charge in [-0.2, -0.15) is 0 Å². The first-order chi connectivity index (χ1) is 4.33. The Morgan fingerprint density at radius 1 is 1.22 bits per heavy atom. The van der Waals surface area contributed by atoms with E-state index in [9.17, 15) is 4.48 Å². The van der Waals surface area contributed by atoms with Gasteiger partial charge in [0.1, 0.15) is 0 Å². The minimum absolute atomic E-state index is 0.515. The Labute approximate surface area is 54.3 Å². The zero-order chi connectivity index (χ0) is 6.69. The summed E-state index contributed by atoms with van der Waals surface area (Å²) >= 11 is 0. The van der Waals surface area contributed by atoms with Crippen molar-refractivity contribution in [2.75, 3.05) is 33.2 Å². The van der Waals surface area contributed by atoms with E-state index in [2.05, 4.69) is 5.43 Å². The summed E-state index contributed by atoms with van der Waals surface area (Å²) < 4.78 is 12.3. The molecule has 0 amide bonds. The lowest BCUT2D eigenvalue weighted by atomic mass is 10.4. The number of nitrogens with zero attached hydrogens (tertiary/aromatic N) is 2. The fourth-order valence-corrected chi connectivity index (χ4v) is 0.906. The highest BCUT2D eigenvalue weighted by molar-refractivity contribution is 4.61. The third-order valence-corrected chi connectivity index (χ3v) is 1.54. The quantitative estimate of drug-likeness (QED) is 0.492. The maximum atomic E-state index is 12.3. The molecule has 0 aromatic rings. The van der Waals surface area contributed by atoms with Gasteiger partial charge in [-0.3, -0.25) is 5.43 Å². The van der Waals surface area contributed by atoms with Crippen LogP contribution in [0.3, 0.4) is 0 Å². The number of hydrogen-bond donors (Lipinski definition) is 1. The summed E-state index contributed by atoms with van der Waals surface area (Å²) in [7, 11) is 1.86. The lowest BCUT2D eigenvalue weighted by Gasteiger charge is -2.28. The van der Waals surface area contributed by atoms with Gasteiger partial charge in [0.2, 0.25) is 0 Å². The largest absolute Gasteiger partial charge is 0.258 e. The summed E-state index contributed by atoms with van der Waals surface area (Å²) in [6, 6.07) is 0. The highest BCUT2D eigenvalue weighted by Gasteiger charge is 2.13. The van der Waals surface area contributed by atoms with E-state index < -0.39 is 0 Å². The van der Waals surface area contributed by atoms with Crippen LogP contribution in [0.25, 0.3) is 0 Å². The SMILES string of the molecule is CNN1CCN(F)CC1. The van der Waals surface area contributed by atoms with Crippen LogP contribution in [0.15, 0.2) is 0 Å². The van der Waals surface area contributed by atoms with Gasteiger partial charge in [0.25, 0.3) is 0 Å². The molecule has 1 fully saturated rings. The Hall–Kier alpha value is -0.190. The van der Waals surface area contributed by atoms with Crippen molar-refractivity contribution in [3.05, 3.63) is 0 Å². The first-order valence-electron chi connectivity index (χ1n) is 3.16. The third kappa shape index (κ3) is 1.89. The molecule has 0 radical (unpaired) electrons. The molecule has 0 unspecified atom stereocenters. The van der Waals surface area contributed by atoms with Crippen LogP contribution < -0.4 is 5.43 Å². The van der Waals surface area contributed by atoms with Gasteiger partial charge >= 0.3 is 0 Å². The molecule has 0 aromatic carbocycles. The maximum Gasteiger partial charge on any atom is 0.0432 e. The van der Waals surface area contributed by atoms with E-state index in [-0.39, 0.29) is 0 Å². The smallest absolute Gasteiger partial charge is 0.0432 e. The summed E-state index contributed by atoms with van der Waals surface area (Å²) in [6.45, 7) is 2.57. The lowest BCUT2D eigenvalue weighted by Crippen LogP contribution is -2.48. The average molecular weight is 133 g/mol. The zero-order valence-corrected chi connectivity index (χ0v) is 5.60. The molecule has 1 aliphatic heterocycles. The van der Waals surface area contributed by atoms with E-state index in [1.54, 1.807) is 0 Å². The van der Waals surface area contributed by atoms with E-state index in [4.69, 9.17) is 0 Å². The highest BCUT2D eigenvalue weighted by Crippen LogP contribution is 1.96.